The van der Waals surface area contributed by atoms with Crippen LogP contribution in [0.25, 0.3) is 21.5 Å². The van der Waals surface area contributed by atoms with Crippen LogP contribution in [0.2, 0.25) is 0 Å². The first-order valence-electron chi connectivity index (χ1n) is 22.0. The number of anilines is 1. The van der Waals surface area contributed by atoms with Crippen molar-refractivity contribution >= 4 is 105 Å². The minimum atomic E-state index is -5.52. The van der Waals surface area contributed by atoms with Crippen LogP contribution in [0.1, 0.15) is 76.3 Å². The van der Waals surface area contributed by atoms with E-state index in [0.717, 1.165) is 18.2 Å². The molecule has 0 bridgehead atoms. The van der Waals surface area contributed by atoms with E-state index < -0.39 is 115 Å². The van der Waals surface area contributed by atoms with E-state index in [1.807, 2.05) is 0 Å². The summed E-state index contributed by atoms with van der Waals surface area (Å²) in [5.74, 6) is -2.78. The van der Waals surface area contributed by atoms with Crippen molar-refractivity contribution in [2.24, 2.45) is 0 Å². The van der Waals surface area contributed by atoms with Crippen molar-refractivity contribution in [3.05, 3.63) is 83.6 Å². The Hall–Kier alpha value is -4.76. The zero-order valence-corrected chi connectivity index (χ0v) is 43.9. The Balaban J connectivity index is 1.68. The molecule has 2 N–H and O–H groups in total. The van der Waals surface area contributed by atoms with Crippen LogP contribution in [0.15, 0.2) is 92.0 Å². The maximum Gasteiger partial charge on any atom is 0.303 e. The number of rotatable bonds is 23. The smallest absolute Gasteiger partial charge is 0.303 e. The predicted molar refractivity (Wildman–Crippen MR) is 256 cm³/mol. The second-order valence-corrected chi connectivity index (χ2v) is 26.5. The van der Waals surface area contributed by atoms with E-state index in [9.17, 15) is 87.7 Å². The second kappa shape index (κ2) is 20.8. The first-order chi connectivity index (χ1) is 33.5. The molecule has 400 valence electrons. The maximum atomic E-state index is 12.7. The molecule has 2 unspecified atom stereocenters. The van der Waals surface area contributed by atoms with Gasteiger partial charge in [0.1, 0.15) is 47.0 Å². The van der Waals surface area contributed by atoms with Crippen molar-refractivity contribution < 1.29 is 97.0 Å². The van der Waals surface area contributed by atoms with Gasteiger partial charge in [-0.2, -0.15) is 13.0 Å². The summed E-state index contributed by atoms with van der Waals surface area (Å²) in [6.07, 6.45) is 4.44. The Labute approximate surface area is 422 Å². The highest BCUT2D eigenvalue weighted by Crippen LogP contribution is 2.54. The summed E-state index contributed by atoms with van der Waals surface area (Å²) in [5, 5.41) is 8.36. The van der Waals surface area contributed by atoms with Gasteiger partial charge in [0.15, 0.2) is 5.71 Å². The molecule has 2 aliphatic rings. The Morgan fingerprint density at radius 1 is 0.671 bits per heavy atom. The Morgan fingerprint density at radius 3 is 1.74 bits per heavy atom. The van der Waals surface area contributed by atoms with Gasteiger partial charge in [0.25, 0.3) is 10.1 Å². The van der Waals surface area contributed by atoms with Crippen LogP contribution in [0.3, 0.4) is 0 Å². The zero-order chi connectivity index (χ0) is 54.5. The van der Waals surface area contributed by atoms with Crippen molar-refractivity contribution in [2.75, 3.05) is 43.2 Å². The maximum absolute atomic E-state index is 12.7. The van der Waals surface area contributed by atoms with E-state index in [2.05, 4.69) is 0 Å². The van der Waals surface area contributed by atoms with Crippen molar-refractivity contribution in [1.82, 2.24) is 0 Å². The van der Waals surface area contributed by atoms with Gasteiger partial charge in [-0.25, -0.2) is 42.1 Å². The van der Waals surface area contributed by atoms with Gasteiger partial charge in [0, 0.05) is 78.7 Å². The number of carboxylic acid groups (broad SMARTS) is 1. The second-order valence-electron chi connectivity index (χ2n) is 18.0. The van der Waals surface area contributed by atoms with E-state index >= 15 is 0 Å². The van der Waals surface area contributed by atoms with Crippen LogP contribution in [0.4, 0.5) is 11.4 Å². The molecular weight excluding hydrogens is 1080 g/mol. The lowest BCUT2D eigenvalue weighted by Gasteiger charge is -2.31. The monoisotopic (exact) mass is 1130 g/mol. The quantitative estimate of drug-likeness (QED) is 0.0610. The van der Waals surface area contributed by atoms with Crippen LogP contribution >= 0.6 is 0 Å². The SMILES string of the molecule is COCCC1(C)/C(=C\C=C\C2=[N+](CCCS(=O)(=O)O)c3ccc4c(S(=O)(=O)[O-])cc(S(=O)(=O)[O-])cc4c3C2(C)CCCS(=O)(=O)[O-])N(CCCCCC(=O)O)c2ccc3c(S(=O)(=O)[O-])cc(S(=O)(=O)[O-])cc3c21. The molecule has 0 aliphatic carbocycles. The summed E-state index contributed by atoms with van der Waals surface area (Å²) >= 11 is 0. The number of nitrogens with zero attached hydrogens (tertiary/aromatic N) is 2. The average molecular weight is 1130 g/mol. The molecule has 2 atom stereocenters. The Bertz CT molecular complexity index is 3720. The summed E-state index contributed by atoms with van der Waals surface area (Å²) in [6, 6.07) is 7.91. The van der Waals surface area contributed by atoms with E-state index in [-0.39, 0.29) is 95.9 Å². The number of carbonyl (C=O) groups is 1. The van der Waals surface area contributed by atoms with Gasteiger partial charge < -0.3 is 37.5 Å². The van der Waals surface area contributed by atoms with Gasteiger partial charge in [0.05, 0.1) is 40.9 Å². The normalized spacial score (nSPS) is 19.5. The molecule has 0 fully saturated rings. The highest BCUT2D eigenvalue weighted by Gasteiger charge is 2.49. The summed E-state index contributed by atoms with van der Waals surface area (Å²) in [6.45, 7) is 3.07. The van der Waals surface area contributed by atoms with Gasteiger partial charge in [-0.05, 0) is 110 Å². The van der Waals surface area contributed by atoms with E-state index in [0.29, 0.717) is 36.4 Å². The molecule has 0 amide bonds. The lowest BCUT2D eigenvalue weighted by molar-refractivity contribution is -0.437. The lowest BCUT2D eigenvalue weighted by Crippen LogP contribution is -2.33. The highest BCUT2D eigenvalue weighted by molar-refractivity contribution is 7.87. The molecule has 2 aliphatic heterocycles. The predicted octanol–water partition coefficient (Wildman–Crippen LogP) is 3.47. The van der Waals surface area contributed by atoms with E-state index in [1.165, 1.54) is 49.0 Å². The highest BCUT2D eigenvalue weighted by atomic mass is 32.2. The number of aliphatic carboxylic acids is 1. The molecule has 0 saturated heterocycles. The fourth-order valence-electron chi connectivity index (χ4n) is 9.95. The number of allylic oxidation sites excluding steroid dienone is 4. The number of benzene rings is 4. The van der Waals surface area contributed by atoms with Crippen molar-refractivity contribution in [2.45, 2.75) is 95.6 Å². The molecule has 29 heteroatoms. The van der Waals surface area contributed by atoms with E-state index in [4.69, 9.17) is 4.74 Å². The van der Waals surface area contributed by atoms with Crippen LogP contribution < -0.4 is 4.90 Å². The van der Waals surface area contributed by atoms with Gasteiger partial charge >= 0.3 is 5.97 Å². The number of carboxylic acids is 1. The molecule has 0 spiro atoms. The third-order valence-electron chi connectivity index (χ3n) is 13.1. The molecule has 73 heavy (non-hydrogen) atoms. The van der Waals surface area contributed by atoms with Crippen molar-refractivity contribution in [3.8, 4) is 0 Å². The largest absolute Gasteiger partial charge is 0.748 e. The molecular formula is C44H48N2O21S6-4. The first kappa shape index (κ1) is 57.5. The third kappa shape index (κ3) is 12.5. The van der Waals surface area contributed by atoms with Gasteiger partial charge in [0.2, 0.25) is 5.69 Å². The molecule has 2 heterocycles. The Morgan fingerprint density at radius 2 is 1.23 bits per heavy atom. The van der Waals surface area contributed by atoms with Crippen LogP contribution in [0.5, 0.6) is 0 Å². The number of ether oxygens (including phenoxy) is 1. The van der Waals surface area contributed by atoms with Crippen LogP contribution in [-0.2, 0) is 81.1 Å². The topological polar surface area (TPSA) is 393 Å². The molecule has 0 radical (unpaired) electrons. The number of fused-ring (bicyclic) bond motifs is 6. The van der Waals surface area contributed by atoms with Crippen LogP contribution in [-0.4, -0.2) is 137 Å². The molecule has 0 saturated carbocycles. The van der Waals surface area contributed by atoms with Crippen molar-refractivity contribution in [3.63, 3.8) is 0 Å². The minimum absolute atomic E-state index is 0.00375. The summed E-state index contributed by atoms with van der Waals surface area (Å²) < 4.78 is 228. The summed E-state index contributed by atoms with van der Waals surface area (Å²) in [5.41, 5.74) is -1.61. The summed E-state index contributed by atoms with van der Waals surface area (Å²) in [7, 11) is -29.9. The minimum Gasteiger partial charge on any atom is -0.748 e. The Kier molecular flexibility index (Phi) is 16.3. The third-order valence-corrected chi connectivity index (χ3v) is 18.0. The summed E-state index contributed by atoms with van der Waals surface area (Å²) in [4.78, 5) is 8.92. The van der Waals surface area contributed by atoms with Gasteiger partial charge in [-0.3, -0.25) is 9.35 Å². The molecule has 0 aromatic heterocycles. The molecule has 23 nitrogen and oxygen atoms in total. The number of unbranched alkanes of at least 4 members (excludes halogenated alkanes) is 2. The standard InChI is InChI=1S/C44H52N2O21S6/c1-43(17-8-22-68(49,50)51)38(46(20-9-23-69(52,53)54)34-15-13-30-32(41(34)43)24-28(70(55,56)57)26-36(30)72(61,62)63)10-7-11-39-44(2,18-21-67-3)42-33-25-29(71(58,59)60)27-37(73(64,65)66)31(33)14-16-35(42)45(39)19-6-4-5-12-40(47)48/h7,10-11,13-16,24-27H,4-6,8-9,12,17-23H2,1-3H3,(H6-,47,48,49,50,51,52,53,54,55,56,57,58,59,60,61,62,63,64,65,66)/p-4. The number of methoxy groups -OCH3 is 1. The molecule has 6 rings (SSSR count). The van der Waals surface area contributed by atoms with Crippen molar-refractivity contribution in [1.29, 1.82) is 0 Å². The molecule has 4 aromatic carbocycles. The fourth-order valence-corrected chi connectivity index (χ4v) is 13.6. The zero-order valence-electron chi connectivity index (χ0n) is 39.0. The fraction of sp³-hybridized carbons (Fsp3) is 0.409. The van der Waals surface area contributed by atoms with Crippen LogP contribution in [0, 0.1) is 0 Å². The van der Waals surface area contributed by atoms with Gasteiger partial charge in [-0.1, -0.05) is 18.6 Å². The molecule has 4 aromatic rings. The first-order valence-corrected chi connectivity index (χ1v) is 30.8. The van der Waals surface area contributed by atoms with E-state index in [1.54, 1.807) is 17.9 Å². The van der Waals surface area contributed by atoms with Gasteiger partial charge in [-0.15, -0.1) is 0 Å². The lowest BCUT2D eigenvalue weighted by atomic mass is 9.74. The number of hydrogen-bond donors (Lipinski definition) is 2. The number of hydrogen-bond acceptors (Lipinski definition) is 20. The average Bonchev–Trinajstić information content (AvgIpc) is 3.63.